The Morgan fingerprint density at radius 3 is 2.00 bits per heavy atom. The van der Waals surface area contributed by atoms with Gasteiger partial charge in [-0.2, -0.15) is 22.1 Å². The van der Waals surface area contributed by atoms with Gasteiger partial charge in [-0.05, 0) is 12.3 Å². The molecule has 0 aliphatic carbocycles. The second kappa shape index (κ2) is 7.04. The van der Waals surface area contributed by atoms with E-state index in [9.17, 15) is 16.8 Å². The van der Waals surface area contributed by atoms with Gasteiger partial charge in [0.05, 0.1) is 37.7 Å². The van der Waals surface area contributed by atoms with Gasteiger partial charge in [0, 0.05) is 0 Å². The molecule has 2 unspecified atom stereocenters. The van der Waals surface area contributed by atoms with Crippen LogP contribution in [0.25, 0.3) is 0 Å². The van der Waals surface area contributed by atoms with Crippen molar-refractivity contribution in [3.8, 4) is 6.07 Å². The van der Waals surface area contributed by atoms with Gasteiger partial charge in [-0.3, -0.25) is 8.37 Å². The molecule has 9 heteroatoms. The Morgan fingerprint density at radius 1 is 1.11 bits per heavy atom. The summed E-state index contributed by atoms with van der Waals surface area (Å²) in [5, 5.41) is 8.87. The molecular weight excluding hydrogens is 282 g/mol. The van der Waals surface area contributed by atoms with E-state index >= 15 is 0 Å². The Labute approximate surface area is 108 Å². The van der Waals surface area contributed by atoms with E-state index in [2.05, 4.69) is 8.37 Å². The Balaban J connectivity index is 4.21. The quantitative estimate of drug-likeness (QED) is 0.584. The van der Waals surface area contributed by atoms with Crippen LogP contribution in [0.1, 0.15) is 13.3 Å². The minimum atomic E-state index is -3.58. The third kappa shape index (κ3) is 9.35. The summed E-state index contributed by atoms with van der Waals surface area (Å²) in [6.07, 6.45) is 2.16. The molecule has 0 aliphatic rings. The number of nitriles is 1. The van der Waals surface area contributed by atoms with Crippen LogP contribution in [-0.2, 0) is 28.6 Å². The van der Waals surface area contributed by atoms with E-state index in [4.69, 9.17) is 5.26 Å². The monoisotopic (exact) mass is 299 g/mol. The highest BCUT2D eigenvalue weighted by Crippen LogP contribution is 2.16. The molecule has 2 atom stereocenters. The topological polar surface area (TPSA) is 111 Å². The predicted octanol–water partition coefficient (Wildman–Crippen LogP) is 0.105. The lowest BCUT2D eigenvalue weighted by atomic mass is 9.94. The van der Waals surface area contributed by atoms with Crippen molar-refractivity contribution >= 4 is 20.2 Å². The largest absolute Gasteiger partial charge is 0.270 e. The average molecular weight is 299 g/mol. The molecule has 7 nitrogen and oxygen atoms in total. The molecule has 0 saturated heterocycles. The molecule has 0 spiro atoms. The van der Waals surface area contributed by atoms with Crippen molar-refractivity contribution in [1.29, 1.82) is 5.26 Å². The molecule has 0 aliphatic heterocycles. The van der Waals surface area contributed by atoms with Crippen molar-refractivity contribution < 1.29 is 25.2 Å². The van der Waals surface area contributed by atoms with Crippen LogP contribution < -0.4 is 0 Å². The molecular formula is C9H17NO6S2. The second-order valence-electron chi connectivity index (χ2n) is 4.02. The molecule has 0 aromatic rings. The van der Waals surface area contributed by atoms with Gasteiger partial charge in [0.1, 0.15) is 0 Å². The van der Waals surface area contributed by atoms with Gasteiger partial charge < -0.3 is 0 Å². The molecule has 0 radical (unpaired) electrons. The van der Waals surface area contributed by atoms with Crippen LogP contribution in [0.15, 0.2) is 0 Å². The first-order valence-corrected chi connectivity index (χ1v) is 8.77. The minimum Gasteiger partial charge on any atom is -0.270 e. The molecule has 0 aromatic carbocycles. The summed E-state index contributed by atoms with van der Waals surface area (Å²) in [4.78, 5) is 0. The molecule has 0 amide bonds. The van der Waals surface area contributed by atoms with E-state index in [1.54, 1.807) is 6.92 Å². The van der Waals surface area contributed by atoms with Crippen LogP contribution in [0, 0.1) is 23.2 Å². The first kappa shape index (κ1) is 17.3. The summed E-state index contributed by atoms with van der Waals surface area (Å²) < 4.78 is 52.1. The van der Waals surface area contributed by atoms with Crippen molar-refractivity contribution in [3.05, 3.63) is 0 Å². The summed E-state index contributed by atoms with van der Waals surface area (Å²) in [5.41, 5.74) is 0. The van der Waals surface area contributed by atoms with Gasteiger partial charge in [0.25, 0.3) is 20.2 Å². The number of hydrogen-bond donors (Lipinski definition) is 0. The van der Waals surface area contributed by atoms with Crippen molar-refractivity contribution in [1.82, 2.24) is 0 Å². The van der Waals surface area contributed by atoms with Crippen molar-refractivity contribution in [3.63, 3.8) is 0 Å². The molecule has 0 fully saturated rings. The van der Waals surface area contributed by atoms with Crippen LogP contribution >= 0.6 is 0 Å². The summed E-state index contributed by atoms with van der Waals surface area (Å²) in [7, 11) is -7.08. The summed E-state index contributed by atoms with van der Waals surface area (Å²) >= 11 is 0. The fraction of sp³-hybridized carbons (Fsp3) is 0.889. The maximum absolute atomic E-state index is 10.8. The molecule has 0 saturated carbocycles. The first-order chi connectivity index (χ1) is 8.05. The molecule has 18 heavy (non-hydrogen) atoms. The third-order valence-electron chi connectivity index (χ3n) is 2.18. The van der Waals surface area contributed by atoms with Gasteiger partial charge in [0.15, 0.2) is 0 Å². The fourth-order valence-corrected chi connectivity index (χ4v) is 1.91. The Morgan fingerprint density at radius 2 is 1.61 bits per heavy atom. The van der Waals surface area contributed by atoms with Crippen molar-refractivity contribution in [2.45, 2.75) is 13.3 Å². The van der Waals surface area contributed by atoms with Crippen molar-refractivity contribution in [2.75, 3.05) is 25.7 Å². The third-order valence-corrected chi connectivity index (χ3v) is 3.34. The van der Waals surface area contributed by atoms with E-state index < -0.39 is 26.2 Å². The van der Waals surface area contributed by atoms with Gasteiger partial charge in [-0.25, -0.2) is 0 Å². The van der Waals surface area contributed by atoms with Crippen LogP contribution in [0.3, 0.4) is 0 Å². The molecule has 0 heterocycles. The maximum atomic E-state index is 10.8. The van der Waals surface area contributed by atoms with E-state index in [1.807, 2.05) is 6.07 Å². The van der Waals surface area contributed by atoms with Crippen molar-refractivity contribution in [2.24, 2.45) is 11.8 Å². The standard InChI is InChI=1S/C9H17NO6S2/c1-8(4-5-15-17(2,11)12)9(6-10)7-16-18(3,13)14/h8-9H,4-5,7H2,1-3H3. The maximum Gasteiger partial charge on any atom is 0.264 e. The van der Waals surface area contributed by atoms with E-state index in [-0.39, 0.29) is 19.1 Å². The smallest absolute Gasteiger partial charge is 0.264 e. The second-order valence-corrected chi connectivity index (χ2v) is 7.30. The van der Waals surface area contributed by atoms with Gasteiger partial charge >= 0.3 is 0 Å². The number of rotatable bonds is 8. The summed E-state index contributed by atoms with van der Waals surface area (Å²) in [6, 6.07) is 1.93. The zero-order valence-corrected chi connectivity index (χ0v) is 12.1. The lowest BCUT2D eigenvalue weighted by Crippen LogP contribution is -2.20. The first-order valence-electron chi connectivity index (χ1n) is 5.13. The zero-order valence-electron chi connectivity index (χ0n) is 10.5. The van der Waals surface area contributed by atoms with Gasteiger partial charge in [0.2, 0.25) is 0 Å². The van der Waals surface area contributed by atoms with Gasteiger partial charge in [-0.1, -0.05) is 6.92 Å². The Bertz CT molecular complexity index is 490. The van der Waals surface area contributed by atoms with Crippen LogP contribution in [-0.4, -0.2) is 42.6 Å². The lowest BCUT2D eigenvalue weighted by Gasteiger charge is -2.16. The van der Waals surface area contributed by atoms with Gasteiger partial charge in [-0.15, -0.1) is 0 Å². The Kier molecular flexibility index (Phi) is 6.77. The summed E-state index contributed by atoms with van der Waals surface area (Å²) in [5.74, 6) is -0.874. The van der Waals surface area contributed by atoms with Crippen LogP contribution in [0.5, 0.6) is 0 Å². The number of nitrogens with zero attached hydrogens (tertiary/aromatic N) is 1. The van der Waals surface area contributed by atoms with Crippen LogP contribution in [0.2, 0.25) is 0 Å². The van der Waals surface area contributed by atoms with E-state index in [1.165, 1.54) is 0 Å². The molecule has 0 N–H and O–H groups in total. The molecule has 0 aromatic heterocycles. The molecule has 106 valence electrons. The van der Waals surface area contributed by atoms with Crippen LogP contribution in [0.4, 0.5) is 0 Å². The normalized spacial score (nSPS) is 15.9. The van der Waals surface area contributed by atoms with E-state index in [0.29, 0.717) is 6.42 Å². The minimum absolute atomic E-state index is 0.0446. The highest BCUT2D eigenvalue weighted by molar-refractivity contribution is 7.86. The van der Waals surface area contributed by atoms with E-state index in [0.717, 1.165) is 12.5 Å². The molecule has 0 bridgehead atoms. The highest BCUT2D eigenvalue weighted by atomic mass is 32.2. The highest BCUT2D eigenvalue weighted by Gasteiger charge is 2.19. The number of hydrogen-bond acceptors (Lipinski definition) is 7. The molecule has 0 rings (SSSR count). The lowest BCUT2D eigenvalue weighted by molar-refractivity contribution is 0.217. The zero-order chi connectivity index (χ0) is 14.4. The predicted molar refractivity (Wildman–Crippen MR) is 64.5 cm³/mol. The summed E-state index contributed by atoms with van der Waals surface area (Å²) in [6.45, 7) is 1.41. The average Bonchev–Trinajstić information content (AvgIpc) is 2.14. The Hall–Kier alpha value is -0.690. The fourth-order valence-electron chi connectivity index (χ4n) is 1.11. The SMILES string of the molecule is CC(CCOS(C)(=O)=O)C(C#N)COS(C)(=O)=O.